The van der Waals surface area contributed by atoms with Crippen LogP contribution in [-0.2, 0) is 11.3 Å². The van der Waals surface area contributed by atoms with Crippen molar-refractivity contribution in [3.63, 3.8) is 0 Å². The zero-order chi connectivity index (χ0) is 27.8. The highest BCUT2D eigenvalue weighted by molar-refractivity contribution is 5.97. The number of ether oxygens (including phenoxy) is 2. The van der Waals surface area contributed by atoms with E-state index in [0.717, 1.165) is 11.1 Å². The summed E-state index contributed by atoms with van der Waals surface area (Å²) >= 11 is 0. The number of rotatable bonds is 10. The molecule has 1 aromatic heterocycles. The molecule has 3 aromatic rings. The number of para-hydroxylation sites is 1. The molecule has 1 saturated heterocycles. The standard InChI is InChI=1S/C30H35N5O4/c1-5-35(21(2)3)29(36)25-13-9-10-14-26(25)39-27-16-31-20-33-28(27)34-17-24(18-34)22(4)15-32-30(37)38-19-23-11-7-6-8-12-23/h6-14,16,20-21H,5,15,17-19H2,1-4H3,(H,32,37). The van der Waals surface area contributed by atoms with Gasteiger partial charge in [0.15, 0.2) is 11.6 Å². The van der Waals surface area contributed by atoms with Gasteiger partial charge in [0.1, 0.15) is 18.7 Å². The molecule has 0 radical (unpaired) electrons. The third kappa shape index (κ3) is 6.93. The second-order valence-electron chi connectivity index (χ2n) is 9.65. The first-order chi connectivity index (χ1) is 18.9. The highest BCUT2D eigenvalue weighted by Crippen LogP contribution is 2.35. The number of nitrogens with zero attached hydrogens (tertiary/aromatic N) is 4. The van der Waals surface area contributed by atoms with Gasteiger partial charge in [-0.2, -0.15) is 0 Å². The van der Waals surface area contributed by atoms with Gasteiger partial charge in [0.05, 0.1) is 11.8 Å². The number of amides is 2. The summed E-state index contributed by atoms with van der Waals surface area (Å²) in [5, 5.41) is 2.82. The van der Waals surface area contributed by atoms with Gasteiger partial charge in [-0.3, -0.25) is 4.79 Å². The summed E-state index contributed by atoms with van der Waals surface area (Å²) in [6.45, 7) is 10.5. The minimum absolute atomic E-state index is 0.0703. The number of alkyl carbamates (subject to hydrolysis) is 1. The maximum atomic E-state index is 13.2. The second-order valence-corrected chi connectivity index (χ2v) is 9.65. The third-order valence-electron chi connectivity index (χ3n) is 6.60. The molecule has 0 aliphatic carbocycles. The molecule has 1 aliphatic heterocycles. The molecule has 9 nitrogen and oxygen atoms in total. The van der Waals surface area contributed by atoms with Gasteiger partial charge in [-0.25, -0.2) is 14.8 Å². The van der Waals surface area contributed by atoms with Crippen LogP contribution in [0.4, 0.5) is 10.6 Å². The van der Waals surface area contributed by atoms with E-state index in [-0.39, 0.29) is 18.6 Å². The first kappa shape index (κ1) is 27.6. The topological polar surface area (TPSA) is 96.9 Å². The van der Waals surface area contributed by atoms with Gasteiger partial charge < -0.3 is 24.6 Å². The first-order valence-corrected chi connectivity index (χ1v) is 13.1. The second kappa shape index (κ2) is 12.9. The predicted octanol–water partition coefficient (Wildman–Crippen LogP) is 5.20. The molecule has 1 aliphatic rings. The fourth-order valence-electron chi connectivity index (χ4n) is 4.31. The van der Waals surface area contributed by atoms with Crippen LogP contribution in [0.2, 0.25) is 0 Å². The summed E-state index contributed by atoms with van der Waals surface area (Å²) in [6.07, 6.45) is 2.65. The Morgan fingerprint density at radius 1 is 1.05 bits per heavy atom. The molecule has 39 heavy (non-hydrogen) atoms. The number of hydrogen-bond donors (Lipinski definition) is 1. The molecule has 0 atom stereocenters. The summed E-state index contributed by atoms with van der Waals surface area (Å²) in [5.74, 6) is 1.50. The number of aromatic nitrogens is 2. The molecule has 1 fully saturated rings. The van der Waals surface area contributed by atoms with Crippen molar-refractivity contribution in [1.82, 2.24) is 20.2 Å². The quantitative estimate of drug-likeness (QED) is 0.361. The lowest BCUT2D eigenvalue weighted by Crippen LogP contribution is -2.42. The first-order valence-electron chi connectivity index (χ1n) is 13.1. The van der Waals surface area contributed by atoms with Gasteiger partial charge in [-0.05, 0) is 51.0 Å². The number of anilines is 1. The maximum absolute atomic E-state index is 13.2. The fraction of sp³-hybridized carbons (Fsp3) is 0.333. The predicted molar refractivity (Wildman–Crippen MR) is 150 cm³/mol. The van der Waals surface area contributed by atoms with Crippen LogP contribution < -0.4 is 15.0 Å². The summed E-state index contributed by atoms with van der Waals surface area (Å²) in [7, 11) is 0. The van der Waals surface area contributed by atoms with Crippen LogP contribution >= 0.6 is 0 Å². The number of nitrogens with one attached hydrogen (secondary N) is 1. The van der Waals surface area contributed by atoms with E-state index in [9.17, 15) is 9.59 Å². The van der Waals surface area contributed by atoms with Crippen LogP contribution in [0.3, 0.4) is 0 Å². The zero-order valence-corrected chi connectivity index (χ0v) is 22.9. The monoisotopic (exact) mass is 529 g/mol. The van der Waals surface area contributed by atoms with Gasteiger partial charge in [-0.1, -0.05) is 48.0 Å². The Labute approximate surface area is 229 Å². The van der Waals surface area contributed by atoms with E-state index in [0.29, 0.717) is 49.1 Å². The number of carbonyl (C=O) groups excluding carboxylic acids is 2. The van der Waals surface area contributed by atoms with Gasteiger partial charge in [0.25, 0.3) is 5.91 Å². The molecule has 204 valence electrons. The fourth-order valence-corrected chi connectivity index (χ4v) is 4.31. The average molecular weight is 530 g/mol. The lowest BCUT2D eigenvalue weighted by molar-refractivity contribution is 0.0714. The minimum Gasteiger partial charge on any atom is -0.451 e. The zero-order valence-electron chi connectivity index (χ0n) is 22.9. The summed E-state index contributed by atoms with van der Waals surface area (Å²) in [4.78, 5) is 37.8. The van der Waals surface area contributed by atoms with Crippen LogP contribution in [0, 0.1) is 0 Å². The summed E-state index contributed by atoms with van der Waals surface area (Å²) in [5.41, 5.74) is 3.71. The van der Waals surface area contributed by atoms with Crippen LogP contribution in [0.15, 0.2) is 78.3 Å². The van der Waals surface area contributed by atoms with E-state index in [4.69, 9.17) is 9.47 Å². The SMILES string of the molecule is CCN(C(=O)c1ccccc1Oc1cncnc1N1CC(=C(C)CNC(=O)OCc2ccccc2)C1)C(C)C. The Morgan fingerprint density at radius 2 is 1.77 bits per heavy atom. The molecule has 1 N–H and O–H groups in total. The van der Waals surface area contributed by atoms with Crippen molar-refractivity contribution in [2.75, 3.05) is 31.1 Å². The molecule has 4 rings (SSSR count). The Hall–Kier alpha value is -4.40. The van der Waals surface area contributed by atoms with Gasteiger partial charge in [0.2, 0.25) is 0 Å². The van der Waals surface area contributed by atoms with E-state index < -0.39 is 6.09 Å². The minimum atomic E-state index is -0.450. The molecular weight excluding hydrogens is 494 g/mol. The van der Waals surface area contributed by atoms with Gasteiger partial charge >= 0.3 is 6.09 Å². The lowest BCUT2D eigenvalue weighted by Gasteiger charge is -2.37. The Kier molecular flexibility index (Phi) is 9.14. The molecule has 2 aromatic carbocycles. The van der Waals surface area contributed by atoms with E-state index >= 15 is 0 Å². The van der Waals surface area contributed by atoms with Crippen molar-refractivity contribution in [3.05, 3.63) is 89.4 Å². The van der Waals surface area contributed by atoms with E-state index in [1.807, 2.05) is 70.2 Å². The lowest BCUT2D eigenvalue weighted by atomic mass is 10.0. The van der Waals surface area contributed by atoms with Crippen molar-refractivity contribution < 1.29 is 19.1 Å². The van der Waals surface area contributed by atoms with Crippen LogP contribution in [-0.4, -0.2) is 59.1 Å². The van der Waals surface area contributed by atoms with Crippen LogP contribution in [0.1, 0.15) is 43.6 Å². The van der Waals surface area contributed by atoms with Gasteiger partial charge in [0, 0.05) is 32.2 Å². The number of benzene rings is 2. The Bertz CT molecular complexity index is 1320. The van der Waals surface area contributed by atoms with Crippen molar-refractivity contribution in [3.8, 4) is 11.5 Å². The van der Waals surface area contributed by atoms with Gasteiger partial charge in [-0.15, -0.1) is 0 Å². The Balaban J connectivity index is 1.37. The highest BCUT2D eigenvalue weighted by atomic mass is 16.5. The molecule has 0 saturated carbocycles. The molecule has 2 amide bonds. The van der Waals surface area contributed by atoms with E-state index in [2.05, 4.69) is 20.2 Å². The normalized spacial score (nSPS) is 12.5. The number of carbonyl (C=O) groups is 2. The summed E-state index contributed by atoms with van der Waals surface area (Å²) < 4.78 is 11.5. The molecule has 0 bridgehead atoms. The van der Waals surface area contributed by atoms with Crippen molar-refractivity contribution in [2.45, 2.75) is 40.3 Å². The maximum Gasteiger partial charge on any atom is 0.407 e. The highest BCUT2D eigenvalue weighted by Gasteiger charge is 2.28. The van der Waals surface area contributed by atoms with Crippen molar-refractivity contribution >= 4 is 17.8 Å². The van der Waals surface area contributed by atoms with E-state index in [1.54, 1.807) is 23.2 Å². The van der Waals surface area contributed by atoms with Crippen molar-refractivity contribution in [2.24, 2.45) is 0 Å². The van der Waals surface area contributed by atoms with Crippen LogP contribution in [0.5, 0.6) is 11.5 Å². The molecule has 9 heteroatoms. The third-order valence-corrected chi connectivity index (χ3v) is 6.60. The molecule has 0 spiro atoms. The van der Waals surface area contributed by atoms with Crippen LogP contribution in [0.25, 0.3) is 0 Å². The molecular formula is C30H35N5O4. The molecule has 2 heterocycles. The van der Waals surface area contributed by atoms with E-state index in [1.165, 1.54) is 11.9 Å². The smallest absolute Gasteiger partial charge is 0.407 e. The average Bonchev–Trinajstić information content (AvgIpc) is 2.92. The summed E-state index contributed by atoms with van der Waals surface area (Å²) in [6, 6.07) is 16.9. The molecule has 0 unspecified atom stereocenters. The Morgan fingerprint density at radius 3 is 2.49 bits per heavy atom. The number of hydrogen-bond acceptors (Lipinski definition) is 7. The van der Waals surface area contributed by atoms with Crippen molar-refractivity contribution in [1.29, 1.82) is 0 Å². The largest absolute Gasteiger partial charge is 0.451 e.